The van der Waals surface area contributed by atoms with Crippen molar-refractivity contribution in [1.82, 2.24) is 19.9 Å². The van der Waals surface area contributed by atoms with E-state index in [0.717, 1.165) is 19.3 Å². The summed E-state index contributed by atoms with van der Waals surface area (Å²) in [4.78, 5) is 40.5. The van der Waals surface area contributed by atoms with Gasteiger partial charge in [-0.1, -0.05) is 48.0 Å². The summed E-state index contributed by atoms with van der Waals surface area (Å²) in [5.74, 6) is 2.03. The van der Waals surface area contributed by atoms with Gasteiger partial charge in [-0.15, -0.1) is 0 Å². The number of nitrogens with one attached hydrogen (secondary N) is 2. The number of likely N-dealkylation sites (tertiary alicyclic amines) is 1. The number of ketones is 1. The fourth-order valence-electron chi connectivity index (χ4n) is 5.29. The van der Waals surface area contributed by atoms with Crippen molar-refractivity contribution < 1.29 is 19.1 Å². The molecule has 2 N–H and O–H groups in total. The van der Waals surface area contributed by atoms with Gasteiger partial charge in [-0.05, 0) is 55.7 Å². The molecule has 1 aliphatic rings. The van der Waals surface area contributed by atoms with Gasteiger partial charge in [0, 0.05) is 37.0 Å². The summed E-state index contributed by atoms with van der Waals surface area (Å²) in [7, 11) is 0. The number of piperidine rings is 1. The first-order valence-corrected chi connectivity index (χ1v) is 14.5. The second-order valence-electron chi connectivity index (χ2n) is 10.3. The van der Waals surface area contributed by atoms with E-state index < -0.39 is 0 Å². The molecule has 5 aromatic rings. The number of benzene rings is 3. The molecule has 10 heteroatoms. The van der Waals surface area contributed by atoms with Gasteiger partial charge >= 0.3 is 0 Å². The number of aromatic nitrogens is 3. The van der Waals surface area contributed by atoms with Gasteiger partial charge in [-0.2, -0.15) is 0 Å². The van der Waals surface area contributed by atoms with Gasteiger partial charge < -0.3 is 24.7 Å². The van der Waals surface area contributed by atoms with Crippen LogP contribution in [0.5, 0.6) is 17.2 Å². The van der Waals surface area contributed by atoms with Crippen molar-refractivity contribution in [3.8, 4) is 17.2 Å². The molecule has 2 aromatic heterocycles. The molecule has 218 valence electrons. The molecular weight excluding hydrogens is 566 g/mol. The third-order valence-corrected chi connectivity index (χ3v) is 7.75. The lowest BCUT2D eigenvalue weighted by Crippen LogP contribution is -2.48. The Morgan fingerprint density at radius 2 is 1.70 bits per heavy atom. The number of nitrogens with zero attached hydrogens (tertiary/aromatic N) is 3. The minimum atomic E-state index is -0.270. The fourth-order valence-corrected chi connectivity index (χ4v) is 5.55. The molecule has 1 atom stereocenters. The normalized spacial score (nSPS) is 14.8. The molecule has 0 radical (unpaired) electrons. The molecule has 1 fully saturated rings. The Morgan fingerprint density at radius 1 is 0.930 bits per heavy atom. The number of anilines is 1. The lowest BCUT2D eigenvalue weighted by Gasteiger charge is -2.36. The smallest absolute Gasteiger partial charge is 0.260 e. The van der Waals surface area contributed by atoms with Gasteiger partial charge in [0.2, 0.25) is 0 Å². The number of halogens is 1. The van der Waals surface area contributed by atoms with Crippen LogP contribution in [-0.4, -0.2) is 57.3 Å². The van der Waals surface area contributed by atoms with Crippen molar-refractivity contribution in [1.29, 1.82) is 0 Å². The van der Waals surface area contributed by atoms with E-state index >= 15 is 0 Å². The van der Waals surface area contributed by atoms with Crippen LogP contribution in [0.15, 0.2) is 91.4 Å². The molecule has 1 unspecified atom stereocenters. The number of hydrogen-bond acceptors (Lipinski definition) is 7. The van der Waals surface area contributed by atoms with E-state index in [2.05, 4.69) is 20.3 Å². The lowest BCUT2D eigenvalue weighted by atomic mass is 10.0. The zero-order valence-corrected chi connectivity index (χ0v) is 24.1. The van der Waals surface area contributed by atoms with Gasteiger partial charge in [-0.25, -0.2) is 9.97 Å². The van der Waals surface area contributed by atoms with Crippen molar-refractivity contribution in [2.75, 3.05) is 25.0 Å². The molecular formula is C33H30ClN5O4. The second-order valence-corrected chi connectivity index (χ2v) is 10.7. The maximum absolute atomic E-state index is 13.7. The molecule has 6 rings (SSSR count). The Kier molecular flexibility index (Phi) is 8.51. The summed E-state index contributed by atoms with van der Waals surface area (Å²) in [6.07, 6.45) is 5.87. The van der Waals surface area contributed by atoms with E-state index in [1.165, 1.54) is 6.33 Å². The number of H-pyrrole nitrogens is 1. The van der Waals surface area contributed by atoms with Crippen molar-refractivity contribution in [2.45, 2.75) is 25.3 Å². The van der Waals surface area contributed by atoms with Gasteiger partial charge in [-0.3, -0.25) is 9.59 Å². The molecule has 1 aliphatic heterocycles. The first kappa shape index (κ1) is 28.2. The predicted octanol–water partition coefficient (Wildman–Crippen LogP) is 6.51. The standard InChI is InChI=1S/C33H30ClN5O4/c34-28-17-25(43-24-12-5-2-6-13-24)14-15-26(28)31(41)27-19-36-33-30(27)32(37-21-38-33)35-18-22-9-7-8-16-39(22)29(40)20-42-23-10-3-1-4-11-23/h1-6,10-15,17,19,21-22H,7-9,16,18,20H2,(H2,35,36,37,38). The minimum absolute atomic E-state index is 0.0232. The summed E-state index contributed by atoms with van der Waals surface area (Å²) >= 11 is 6.57. The molecule has 0 saturated carbocycles. The Bertz CT molecular complexity index is 1730. The minimum Gasteiger partial charge on any atom is -0.484 e. The zero-order valence-electron chi connectivity index (χ0n) is 23.3. The molecule has 3 aromatic carbocycles. The first-order valence-electron chi connectivity index (χ1n) is 14.2. The van der Waals surface area contributed by atoms with Gasteiger partial charge in [0.1, 0.15) is 35.0 Å². The average Bonchev–Trinajstić information content (AvgIpc) is 3.49. The number of carbonyl (C=O) groups is 2. The van der Waals surface area contributed by atoms with E-state index in [1.54, 1.807) is 24.4 Å². The van der Waals surface area contributed by atoms with Crippen LogP contribution in [-0.2, 0) is 4.79 Å². The Balaban J connectivity index is 1.17. The largest absolute Gasteiger partial charge is 0.484 e. The van der Waals surface area contributed by atoms with Crippen LogP contribution in [0.4, 0.5) is 5.82 Å². The summed E-state index contributed by atoms with van der Waals surface area (Å²) in [5, 5.41) is 4.22. The van der Waals surface area contributed by atoms with Crippen LogP contribution in [0.2, 0.25) is 5.02 Å². The zero-order chi connectivity index (χ0) is 29.6. The highest BCUT2D eigenvalue weighted by Crippen LogP contribution is 2.31. The maximum atomic E-state index is 13.7. The Labute approximate surface area is 253 Å². The van der Waals surface area contributed by atoms with Gasteiger partial charge in [0.15, 0.2) is 12.4 Å². The third-order valence-electron chi connectivity index (χ3n) is 7.44. The van der Waals surface area contributed by atoms with E-state index in [9.17, 15) is 9.59 Å². The van der Waals surface area contributed by atoms with Crippen LogP contribution in [0.25, 0.3) is 11.0 Å². The number of amides is 1. The number of ether oxygens (including phenoxy) is 2. The molecule has 9 nitrogen and oxygen atoms in total. The van der Waals surface area contributed by atoms with Gasteiger partial charge in [0.05, 0.1) is 16.0 Å². The summed E-state index contributed by atoms with van der Waals surface area (Å²) in [6.45, 7) is 1.11. The highest BCUT2D eigenvalue weighted by molar-refractivity contribution is 6.35. The average molecular weight is 596 g/mol. The summed E-state index contributed by atoms with van der Waals surface area (Å²) < 4.78 is 11.6. The molecule has 0 bridgehead atoms. The SMILES string of the molecule is O=C(c1ccc(Oc2ccccc2)cc1Cl)c1c[nH]c2ncnc(NCC3CCCCN3C(=O)COc3ccccc3)c12. The summed E-state index contributed by atoms with van der Waals surface area (Å²) in [5.41, 5.74) is 1.25. The number of hydrogen-bond donors (Lipinski definition) is 2. The fraction of sp³-hybridized carbons (Fsp3) is 0.212. The monoisotopic (exact) mass is 595 g/mol. The van der Waals surface area contributed by atoms with E-state index in [0.29, 0.717) is 58.3 Å². The van der Waals surface area contributed by atoms with Crippen molar-refractivity contribution in [2.24, 2.45) is 0 Å². The topological polar surface area (TPSA) is 109 Å². The third kappa shape index (κ3) is 6.47. The number of fused-ring (bicyclic) bond motifs is 1. The molecule has 1 amide bonds. The van der Waals surface area contributed by atoms with E-state index in [1.807, 2.05) is 65.6 Å². The van der Waals surface area contributed by atoms with Crippen LogP contribution >= 0.6 is 11.6 Å². The van der Waals surface area contributed by atoms with Crippen LogP contribution in [0.3, 0.4) is 0 Å². The predicted molar refractivity (Wildman–Crippen MR) is 165 cm³/mol. The Hall–Kier alpha value is -4.89. The summed E-state index contributed by atoms with van der Waals surface area (Å²) in [6, 6.07) is 23.6. The van der Waals surface area contributed by atoms with Crippen LogP contribution < -0.4 is 14.8 Å². The molecule has 43 heavy (non-hydrogen) atoms. The Morgan fingerprint density at radius 3 is 2.47 bits per heavy atom. The van der Waals surface area contributed by atoms with Crippen molar-refractivity contribution in [3.63, 3.8) is 0 Å². The van der Waals surface area contributed by atoms with Crippen LogP contribution in [0.1, 0.15) is 35.2 Å². The molecule has 1 saturated heterocycles. The number of para-hydroxylation sites is 2. The number of rotatable bonds is 10. The highest BCUT2D eigenvalue weighted by atomic mass is 35.5. The molecule has 0 aliphatic carbocycles. The quantitative estimate of drug-likeness (QED) is 0.177. The van der Waals surface area contributed by atoms with Crippen molar-refractivity contribution in [3.05, 3.63) is 108 Å². The maximum Gasteiger partial charge on any atom is 0.260 e. The highest BCUT2D eigenvalue weighted by Gasteiger charge is 2.28. The molecule has 3 heterocycles. The van der Waals surface area contributed by atoms with E-state index in [-0.39, 0.29) is 29.4 Å². The van der Waals surface area contributed by atoms with Gasteiger partial charge in [0.25, 0.3) is 5.91 Å². The second kappa shape index (κ2) is 13.0. The number of aromatic amines is 1. The van der Waals surface area contributed by atoms with Crippen molar-refractivity contribution >= 4 is 40.1 Å². The lowest BCUT2D eigenvalue weighted by molar-refractivity contribution is -0.136. The van der Waals surface area contributed by atoms with Crippen LogP contribution in [0, 0.1) is 0 Å². The first-order chi connectivity index (χ1) is 21.1. The number of carbonyl (C=O) groups excluding carboxylic acids is 2. The molecule has 0 spiro atoms. The van der Waals surface area contributed by atoms with E-state index in [4.69, 9.17) is 21.1 Å².